The fourth-order valence-corrected chi connectivity index (χ4v) is 1.49. The number of para-hydroxylation sites is 1. The lowest BCUT2D eigenvalue weighted by Crippen LogP contribution is -2.07. The molecule has 2 aromatic rings. The van der Waals surface area contributed by atoms with Crippen LogP contribution in [0.25, 0.3) is 0 Å². The van der Waals surface area contributed by atoms with Gasteiger partial charge in [0.25, 0.3) is 0 Å². The third-order valence-electron chi connectivity index (χ3n) is 2.36. The summed E-state index contributed by atoms with van der Waals surface area (Å²) in [7, 11) is 0. The van der Waals surface area contributed by atoms with Crippen molar-refractivity contribution in [1.29, 1.82) is 0 Å². The Morgan fingerprint density at radius 2 is 2.05 bits per heavy atom. The predicted octanol–water partition coefficient (Wildman–Crippen LogP) is 3.66. The molecule has 0 aliphatic carbocycles. The number of aromatic nitrogens is 1. The van der Waals surface area contributed by atoms with Crippen molar-refractivity contribution in [2.45, 2.75) is 13.1 Å². The van der Waals surface area contributed by atoms with Crippen LogP contribution in [0.5, 0.6) is 11.8 Å². The Hall–Kier alpha value is -2.51. The second-order valence-electron chi connectivity index (χ2n) is 3.82. The van der Waals surface area contributed by atoms with Gasteiger partial charge in [-0.25, -0.2) is 4.79 Å². The highest BCUT2D eigenvalue weighted by atomic mass is 19.4. The number of nitrogens with zero attached hydrogens (tertiary/aromatic N) is 1. The summed E-state index contributed by atoms with van der Waals surface area (Å²) in [4.78, 5) is 15.0. The summed E-state index contributed by atoms with van der Waals surface area (Å²) < 4.78 is 52.8. The van der Waals surface area contributed by atoms with Crippen molar-refractivity contribution >= 4 is 5.97 Å². The van der Waals surface area contributed by atoms with Gasteiger partial charge in [-0.05, 0) is 19.1 Å². The second-order valence-corrected chi connectivity index (χ2v) is 3.82. The van der Waals surface area contributed by atoms with E-state index in [9.17, 15) is 18.0 Å². The summed E-state index contributed by atoms with van der Waals surface area (Å²) in [6, 6.07) is 4.59. The van der Waals surface area contributed by atoms with Crippen LogP contribution in [0.2, 0.25) is 0 Å². The zero-order valence-electron chi connectivity index (χ0n) is 10.8. The molecule has 21 heavy (non-hydrogen) atoms. The first-order chi connectivity index (χ1) is 9.91. The molecule has 0 radical (unpaired) electrons. The van der Waals surface area contributed by atoms with Gasteiger partial charge in [0.1, 0.15) is 12.0 Å². The maximum atomic E-state index is 12.8. The lowest BCUT2D eigenvalue weighted by molar-refractivity contribution is -0.138. The van der Waals surface area contributed by atoms with Crippen LogP contribution in [0.15, 0.2) is 34.9 Å². The molecular weight excluding hydrogens is 291 g/mol. The Labute approximate surface area is 117 Å². The van der Waals surface area contributed by atoms with Crippen molar-refractivity contribution in [2.75, 3.05) is 6.61 Å². The van der Waals surface area contributed by atoms with E-state index in [-0.39, 0.29) is 12.3 Å². The van der Waals surface area contributed by atoms with Gasteiger partial charge in [-0.2, -0.15) is 18.2 Å². The lowest BCUT2D eigenvalue weighted by Gasteiger charge is -2.10. The van der Waals surface area contributed by atoms with E-state index in [0.717, 1.165) is 18.4 Å². The minimum absolute atomic E-state index is 0.138. The van der Waals surface area contributed by atoms with Crippen molar-refractivity contribution in [1.82, 2.24) is 4.98 Å². The maximum absolute atomic E-state index is 12.8. The molecule has 0 atom stereocenters. The minimum atomic E-state index is -4.58. The molecule has 0 aliphatic heterocycles. The van der Waals surface area contributed by atoms with Crippen LogP contribution in [0.1, 0.15) is 23.0 Å². The van der Waals surface area contributed by atoms with Gasteiger partial charge in [-0.3, -0.25) is 0 Å². The molecular formula is C13H10F3NO4. The van der Waals surface area contributed by atoms with E-state index in [0.29, 0.717) is 0 Å². The summed E-state index contributed by atoms with van der Waals surface area (Å²) >= 11 is 0. The Morgan fingerprint density at radius 1 is 1.33 bits per heavy atom. The number of carbonyl (C=O) groups is 1. The SMILES string of the molecule is CCOC(=O)c1coc(Oc2ccccc2C(F)(F)F)n1. The van der Waals surface area contributed by atoms with Gasteiger partial charge in [0, 0.05) is 0 Å². The Morgan fingerprint density at radius 3 is 2.71 bits per heavy atom. The molecule has 0 aliphatic rings. The number of rotatable bonds is 4. The first-order valence-electron chi connectivity index (χ1n) is 5.88. The number of ether oxygens (including phenoxy) is 2. The number of alkyl halides is 3. The molecule has 1 aromatic carbocycles. The number of carbonyl (C=O) groups excluding carboxylic acids is 1. The summed E-state index contributed by atoms with van der Waals surface area (Å²) in [5.41, 5.74) is -1.16. The Balaban J connectivity index is 2.22. The van der Waals surface area contributed by atoms with Gasteiger partial charge in [0.15, 0.2) is 5.69 Å². The zero-order valence-corrected chi connectivity index (χ0v) is 10.8. The topological polar surface area (TPSA) is 61.6 Å². The van der Waals surface area contributed by atoms with E-state index in [2.05, 4.69) is 9.72 Å². The summed E-state index contributed by atoms with van der Waals surface area (Å²) in [6.07, 6.45) is -4.11. The van der Waals surface area contributed by atoms with Crippen molar-refractivity contribution in [3.05, 3.63) is 41.8 Å². The highest BCUT2D eigenvalue weighted by molar-refractivity contribution is 5.86. The molecule has 1 aromatic heterocycles. The standard InChI is InChI=1S/C13H10F3NO4/c1-2-19-11(18)9-7-20-12(17-9)21-10-6-4-3-5-8(10)13(14,15)16/h3-7H,2H2,1H3. The van der Waals surface area contributed by atoms with Gasteiger partial charge in [0.2, 0.25) is 0 Å². The van der Waals surface area contributed by atoms with E-state index < -0.39 is 29.5 Å². The van der Waals surface area contributed by atoms with Crippen LogP contribution in [0, 0.1) is 0 Å². The van der Waals surface area contributed by atoms with Crippen LogP contribution < -0.4 is 4.74 Å². The largest absolute Gasteiger partial charge is 0.461 e. The van der Waals surface area contributed by atoms with E-state index in [1.807, 2.05) is 0 Å². The molecule has 0 bridgehead atoms. The van der Waals surface area contributed by atoms with Gasteiger partial charge >= 0.3 is 18.2 Å². The quantitative estimate of drug-likeness (QED) is 0.806. The molecule has 0 N–H and O–H groups in total. The molecule has 2 rings (SSSR count). The number of esters is 1. The average Bonchev–Trinajstić information content (AvgIpc) is 2.87. The Bertz CT molecular complexity index is 636. The Kier molecular flexibility index (Phi) is 4.15. The number of hydrogen-bond donors (Lipinski definition) is 0. The number of hydrogen-bond acceptors (Lipinski definition) is 5. The summed E-state index contributed by atoms with van der Waals surface area (Å²) in [5.74, 6) is -1.22. The fraction of sp³-hybridized carbons (Fsp3) is 0.231. The van der Waals surface area contributed by atoms with Crippen LogP contribution in [-0.2, 0) is 10.9 Å². The highest BCUT2D eigenvalue weighted by Gasteiger charge is 2.34. The van der Waals surface area contributed by atoms with Crippen LogP contribution in [0.4, 0.5) is 13.2 Å². The first-order valence-corrected chi connectivity index (χ1v) is 5.88. The molecule has 112 valence electrons. The van der Waals surface area contributed by atoms with E-state index >= 15 is 0 Å². The van der Waals surface area contributed by atoms with E-state index in [1.165, 1.54) is 12.1 Å². The number of halogens is 3. The molecule has 0 fully saturated rings. The molecule has 0 spiro atoms. The van der Waals surface area contributed by atoms with Crippen molar-refractivity contribution < 1.29 is 31.9 Å². The third-order valence-corrected chi connectivity index (χ3v) is 2.36. The van der Waals surface area contributed by atoms with E-state index in [1.54, 1.807) is 6.92 Å². The van der Waals surface area contributed by atoms with Crippen LogP contribution in [0.3, 0.4) is 0 Å². The van der Waals surface area contributed by atoms with Gasteiger partial charge in [-0.15, -0.1) is 0 Å². The monoisotopic (exact) mass is 301 g/mol. The fourth-order valence-electron chi connectivity index (χ4n) is 1.49. The van der Waals surface area contributed by atoms with Crippen molar-refractivity contribution in [2.24, 2.45) is 0 Å². The van der Waals surface area contributed by atoms with Crippen LogP contribution >= 0.6 is 0 Å². The second kappa shape index (κ2) is 5.86. The third kappa shape index (κ3) is 3.53. The van der Waals surface area contributed by atoms with Gasteiger partial charge in [0.05, 0.1) is 12.2 Å². The number of benzene rings is 1. The molecule has 5 nitrogen and oxygen atoms in total. The van der Waals surface area contributed by atoms with Crippen LogP contribution in [-0.4, -0.2) is 17.6 Å². The highest BCUT2D eigenvalue weighted by Crippen LogP contribution is 2.37. The lowest BCUT2D eigenvalue weighted by atomic mass is 10.2. The van der Waals surface area contributed by atoms with Crippen molar-refractivity contribution in [3.8, 4) is 11.8 Å². The molecule has 8 heteroatoms. The van der Waals surface area contributed by atoms with E-state index in [4.69, 9.17) is 9.15 Å². The smallest absolute Gasteiger partial charge is 0.419 e. The molecule has 0 saturated heterocycles. The molecule has 0 unspecified atom stereocenters. The molecule has 1 heterocycles. The van der Waals surface area contributed by atoms with Gasteiger partial charge < -0.3 is 13.9 Å². The minimum Gasteiger partial charge on any atom is -0.461 e. The average molecular weight is 301 g/mol. The number of oxazole rings is 1. The summed E-state index contributed by atoms with van der Waals surface area (Å²) in [6.45, 7) is 1.74. The van der Waals surface area contributed by atoms with Gasteiger partial charge in [-0.1, -0.05) is 12.1 Å². The zero-order chi connectivity index (χ0) is 15.5. The molecule has 0 amide bonds. The normalized spacial score (nSPS) is 11.2. The summed E-state index contributed by atoms with van der Waals surface area (Å²) in [5, 5.41) is 0. The first kappa shape index (κ1) is 14.9. The molecule has 0 saturated carbocycles. The predicted molar refractivity (Wildman–Crippen MR) is 64.0 cm³/mol. The maximum Gasteiger partial charge on any atom is 0.419 e. The van der Waals surface area contributed by atoms with Crippen molar-refractivity contribution in [3.63, 3.8) is 0 Å².